The lowest BCUT2D eigenvalue weighted by Gasteiger charge is -2.45. The van der Waals surface area contributed by atoms with Crippen molar-refractivity contribution >= 4 is 31.9 Å². The average Bonchev–Trinajstić information content (AvgIpc) is 2.97. The second kappa shape index (κ2) is 17.1. The number of halogens is 2. The van der Waals surface area contributed by atoms with Gasteiger partial charge < -0.3 is 37.9 Å². The molecule has 0 bridgehead atoms. The van der Waals surface area contributed by atoms with Gasteiger partial charge in [0.05, 0.1) is 34.7 Å². The SMILES string of the molecule is CC1(C)OC[C@H]2OC=C(Br)[C@@H](OCC#CCCCC#CC#CCCCC#CCO[C@@H]3C(Br)=CO[C@@H]4COC(C)(C)O[C@@H]34)[C@@H]2O1. The maximum atomic E-state index is 6.04. The van der Waals surface area contributed by atoms with Crippen LogP contribution in [0.15, 0.2) is 21.5 Å². The molecule has 8 nitrogen and oxygen atoms in total. The lowest BCUT2D eigenvalue weighted by Crippen LogP contribution is -2.56. The molecule has 0 spiro atoms. The van der Waals surface area contributed by atoms with Gasteiger partial charge in [0, 0.05) is 25.7 Å². The summed E-state index contributed by atoms with van der Waals surface area (Å²) in [6.07, 6.45) is 6.65. The Hall–Kier alpha value is -1.96. The van der Waals surface area contributed by atoms with Crippen molar-refractivity contribution in [3.05, 3.63) is 21.5 Å². The zero-order chi connectivity index (χ0) is 31.4. The molecule has 0 radical (unpaired) electrons. The molecule has 0 aliphatic carbocycles. The highest BCUT2D eigenvalue weighted by Gasteiger charge is 2.46. The summed E-state index contributed by atoms with van der Waals surface area (Å²) >= 11 is 7.05. The maximum Gasteiger partial charge on any atom is 0.163 e. The lowest BCUT2D eigenvalue weighted by atomic mass is 10.0. The van der Waals surface area contributed by atoms with E-state index in [1.54, 1.807) is 12.5 Å². The highest BCUT2D eigenvalue weighted by Crippen LogP contribution is 2.36. The molecule has 0 saturated carbocycles. The highest BCUT2D eigenvalue weighted by molar-refractivity contribution is 9.12. The van der Waals surface area contributed by atoms with E-state index in [2.05, 4.69) is 79.2 Å². The van der Waals surface area contributed by atoms with Crippen LogP contribution in [0.4, 0.5) is 0 Å². The molecule has 0 aromatic rings. The van der Waals surface area contributed by atoms with Gasteiger partial charge >= 0.3 is 0 Å². The molecule has 4 rings (SSSR count). The van der Waals surface area contributed by atoms with Crippen LogP contribution < -0.4 is 0 Å². The number of rotatable bonds is 8. The third kappa shape index (κ3) is 10.8. The molecule has 0 N–H and O–H groups in total. The van der Waals surface area contributed by atoms with Crippen molar-refractivity contribution in [3.63, 3.8) is 0 Å². The average molecular weight is 736 g/mol. The van der Waals surface area contributed by atoms with Gasteiger partial charge in [-0.15, -0.1) is 11.8 Å². The fraction of sp³-hybridized carbons (Fsp3) is 0.647. The predicted octanol–water partition coefficient (Wildman–Crippen LogP) is 5.68. The lowest BCUT2D eigenvalue weighted by molar-refractivity contribution is -0.321. The van der Waals surface area contributed by atoms with Crippen LogP contribution in [0.5, 0.6) is 0 Å². The molecule has 238 valence electrons. The number of unbranched alkanes of at least 4 members (excludes halogenated alkanes) is 4. The Balaban J connectivity index is 1.03. The van der Waals surface area contributed by atoms with E-state index in [4.69, 9.17) is 37.9 Å². The van der Waals surface area contributed by atoms with Crippen molar-refractivity contribution in [1.82, 2.24) is 0 Å². The van der Waals surface area contributed by atoms with E-state index in [0.29, 0.717) is 26.4 Å². The van der Waals surface area contributed by atoms with Gasteiger partial charge in [0.1, 0.15) is 37.6 Å². The third-order valence-electron chi connectivity index (χ3n) is 6.98. The molecule has 2 saturated heterocycles. The third-order valence-corrected chi connectivity index (χ3v) is 8.26. The Morgan fingerprint density at radius 2 is 1.07 bits per heavy atom. The first kappa shape index (κ1) is 34.9. The van der Waals surface area contributed by atoms with Crippen molar-refractivity contribution in [1.29, 1.82) is 0 Å². The summed E-state index contributed by atoms with van der Waals surface area (Å²) in [4.78, 5) is 0. The Kier molecular flexibility index (Phi) is 13.6. The van der Waals surface area contributed by atoms with Crippen LogP contribution in [-0.4, -0.2) is 74.6 Å². The summed E-state index contributed by atoms with van der Waals surface area (Å²) in [6, 6.07) is 0. The van der Waals surface area contributed by atoms with Gasteiger partial charge in [0.25, 0.3) is 0 Å². The molecule has 10 heteroatoms. The quantitative estimate of drug-likeness (QED) is 0.233. The van der Waals surface area contributed by atoms with E-state index in [-0.39, 0.29) is 36.6 Å². The Bertz CT molecular complexity index is 1190. The van der Waals surface area contributed by atoms with Crippen molar-refractivity contribution in [2.24, 2.45) is 0 Å². The zero-order valence-electron chi connectivity index (χ0n) is 25.7. The van der Waals surface area contributed by atoms with Crippen molar-refractivity contribution < 1.29 is 37.9 Å². The summed E-state index contributed by atoms with van der Waals surface area (Å²) in [5.74, 6) is 23.1. The Morgan fingerprint density at radius 3 is 1.50 bits per heavy atom. The van der Waals surface area contributed by atoms with E-state index < -0.39 is 11.6 Å². The molecule has 0 amide bonds. The smallest absolute Gasteiger partial charge is 0.163 e. The van der Waals surface area contributed by atoms with Crippen LogP contribution in [0.25, 0.3) is 0 Å². The van der Waals surface area contributed by atoms with Crippen molar-refractivity contribution in [3.8, 4) is 47.4 Å². The van der Waals surface area contributed by atoms with Crippen LogP contribution in [0, 0.1) is 47.4 Å². The molecule has 4 heterocycles. The second-order valence-electron chi connectivity index (χ2n) is 11.4. The first-order valence-electron chi connectivity index (χ1n) is 14.9. The van der Waals surface area contributed by atoms with Crippen LogP contribution >= 0.6 is 31.9 Å². The van der Waals surface area contributed by atoms with Crippen LogP contribution in [-0.2, 0) is 37.9 Å². The molecule has 6 atom stereocenters. The van der Waals surface area contributed by atoms with Crippen LogP contribution in [0.3, 0.4) is 0 Å². The minimum Gasteiger partial charge on any atom is -0.492 e. The first-order valence-corrected chi connectivity index (χ1v) is 16.5. The van der Waals surface area contributed by atoms with Gasteiger partial charge in [-0.2, -0.15) is 0 Å². The summed E-state index contributed by atoms with van der Waals surface area (Å²) in [5, 5.41) is 0. The first-order chi connectivity index (χ1) is 21.2. The fourth-order valence-electron chi connectivity index (χ4n) is 4.76. The molecule has 0 aromatic carbocycles. The van der Waals surface area contributed by atoms with Crippen molar-refractivity contribution in [2.75, 3.05) is 26.4 Å². The van der Waals surface area contributed by atoms with Gasteiger partial charge in [-0.25, -0.2) is 0 Å². The fourth-order valence-corrected chi connectivity index (χ4v) is 5.77. The number of fused-ring (bicyclic) bond motifs is 2. The van der Waals surface area contributed by atoms with E-state index in [1.165, 1.54) is 0 Å². The molecule has 0 unspecified atom stereocenters. The molecule has 4 aliphatic heterocycles. The van der Waals surface area contributed by atoms with Gasteiger partial charge in [0.15, 0.2) is 23.8 Å². The van der Waals surface area contributed by atoms with E-state index >= 15 is 0 Å². The summed E-state index contributed by atoms with van der Waals surface area (Å²) in [7, 11) is 0. The summed E-state index contributed by atoms with van der Waals surface area (Å²) < 4.78 is 48.4. The van der Waals surface area contributed by atoms with Crippen LogP contribution in [0.1, 0.15) is 66.2 Å². The molecule has 4 aliphatic rings. The summed E-state index contributed by atoms with van der Waals surface area (Å²) in [6.45, 7) is 9.09. The summed E-state index contributed by atoms with van der Waals surface area (Å²) in [5.41, 5.74) is 0. The molecular weight excluding hydrogens is 696 g/mol. The van der Waals surface area contributed by atoms with Crippen molar-refractivity contribution in [2.45, 2.75) is 114 Å². The zero-order valence-corrected chi connectivity index (χ0v) is 28.9. The molecular formula is C34H40Br2O8. The van der Waals surface area contributed by atoms with E-state index in [1.807, 2.05) is 27.7 Å². The maximum absolute atomic E-state index is 6.04. The largest absolute Gasteiger partial charge is 0.492 e. The molecule has 44 heavy (non-hydrogen) atoms. The standard InChI is InChI=1S/C34H40Br2O8/c1-33(2)41-23-27-31(43-33)29(25(35)21-39-27)37-19-17-15-13-11-9-7-5-6-8-10-12-14-16-18-20-38-30-26(36)22-40-28-24-42-34(3,4)44-32(28)30/h21-22,27-32H,9-14,19-20,23-24H2,1-4H3/t27-,28-,29-,30-,31-,32-/m1/s1. The monoisotopic (exact) mass is 734 g/mol. The Labute approximate surface area is 278 Å². The topological polar surface area (TPSA) is 73.8 Å². The number of hydrogen-bond acceptors (Lipinski definition) is 8. The highest BCUT2D eigenvalue weighted by atomic mass is 79.9. The molecule has 2 fully saturated rings. The van der Waals surface area contributed by atoms with Gasteiger partial charge in [-0.3, -0.25) is 0 Å². The van der Waals surface area contributed by atoms with Gasteiger partial charge in [0.2, 0.25) is 0 Å². The van der Waals surface area contributed by atoms with Gasteiger partial charge in [-0.05, 0) is 84.2 Å². The molecule has 0 aromatic heterocycles. The normalized spacial score (nSPS) is 29.3. The number of ether oxygens (including phenoxy) is 8. The Morgan fingerprint density at radius 1 is 0.659 bits per heavy atom. The second-order valence-corrected chi connectivity index (χ2v) is 13.3. The number of hydrogen-bond donors (Lipinski definition) is 0. The predicted molar refractivity (Wildman–Crippen MR) is 172 cm³/mol. The van der Waals surface area contributed by atoms with Crippen LogP contribution in [0.2, 0.25) is 0 Å². The van der Waals surface area contributed by atoms with E-state index in [0.717, 1.165) is 47.5 Å². The van der Waals surface area contributed by atoms with Gasteiger partial charge in [-0.1, -0.05) is 23.7 Å². The minimum absolute atomic E-state index is 0.197. The minimum atomic E-state index is -0.676. The van der Waals surface area contributed by atoms with E-state index in [9.17, 15) is 0 Å².